The third kappa shape index (κ3) is 3.32. The third-order valence-corrected chi connectivity index (χ3v) is 3.45. The average molecular weight is 227 g/mol. The molecule has 15 heavy (non-hydrogen) atoms. The van der Waals surface area contributed by atoms with Gasteiger partial charge in [0.05, 0.1) is 6.04 Å². The zero-order valence-corrected chi connectivity index (χ0v) is 10.4. The average Bonchev–Trinajstić information content (AvgIpc) is 2.63. The molecule has 3 nitrogen and oxygen atoms in total. The molecule has 0 radical (unpaired) electrons. The van der Waals surface area contributed by atoms with Crippen LogP contribution in [0.5, 0.6) is 0 Å². The summed E-state index contributed by atoms with van der Waals surface area (Å²) in [5.41, 5.74) is 0. The maximum atomic E-state index is 11.5. The van der Waals surface area contributed by atoms with Gasteiger partial charge in [0.25, 0.3) is 0 Å². The zero-order chi connectivity index (χ0) is 11.4. The second kappa shape index (κ2) is 5.28. The maximum absolute atomic E-state index is 11.5. The Labute approximate surface area is 94.5 Å². The van der Waals surface area contributed by atoms with Crippen molar-refractivity contribution in [1.29, 1.82) is 0 Å². The monoisotopic (exact) mass is 227 g/mol. The van der Waals surface area contributed by atoms with E-state index in [2.05, 4.69) is 18.3 Å². The van der Waals surface area contributed by atoms with E-state index in [0.29, 0.717) is 0 Å². The van der Waals surface area contributed by atoms with Crippen molar-refractivity contribution in [3.8, 4) is 0 Å². The summed E-state index contributed by atoms with van der Waals surface area (Å²) in [6, 6.07) is 4.15. The number of aryl methyl sites for hydroxylation is 1. The van der Waals surface area contributed by atoms with Gasteiger partial charge in [0.1, 0.15) is 6.10 Å². The van der Waals surface area contributed by atoms with E-state index in [9.17, 15) is 4.79 Å². The van der Waals surface area contributed by atoms with Crippen molar-refractivity contribution in [2.75, 3.05) is 7.11 Å². The molecule has 2 atom stereocenters. The maximum Gasteiger partial charge on any atom is 0.249 e. The van der Waals surface area contributed by atoms with Gasteiger partial charge in [-0.1, -0.05) is 0 Å². The highest BCUT2D eigenvalue weighted by molar-refractivity contribution is 7.12. The van der Waals surface area contributed by atoms with E-state index in [4.69, 9.17) is 4.74 Å². The van der Waals surface area contributed by atoms with E-state index < -0.39 is 6.10 Å². The van der Waals surface area contributed by atoms with Gasteiger partial charge in [0, 0.05) is 16.9 Å². The number of rotatable bonds is 4. The lowest BCUT2D eigenvalue weighted by Gasteiger charge is -2.15. The standard InChI is InChI=1S/C11H17NO2S/c1-7-5-6-10(15-7)8(2)12-11(13)9(3)14-4/h5-6,8-9H,1-4H3,(H,12,13). The quantitative estimate of drug-likeness (QED) is 0.857. The van der Waals surface area contributed by atoms with Gasteiger partial charge in [-0.05, 0) is 32.9 Å². The normalized spacial score (nSPS) is 14.7. The van der Waals surface area contributed by atoms with Gasteiger partial charge in [-0.15, -0.1) is 11.3 Å². The van der Waals surface area contributed by atoms with Crippen LogP contribution in [0.15, 0.2) is 12.1 Å². The molecule has 0 aromatic carbocycles. The lowest BCUT2D eigenvalue weighted by atomic mass is 10.2. The minimum atomic E-state index is -0.395. The topological polar surface area (TPSA) is 38.3 Å². The van der Waals surface area contributed by atoms with Gasteiger partial charge in [-0.2, -0.15) is 0 Å². The minimum Gasteiger partial charge on any atom is -0.372 e. The summed E-state index contributed by atoms with van der Waals surface area (Å²) in [4.78, 5) is 14.0. The fourth-order valence-electron chi connectivity index (χ4n) is 1.20. The van der Waals surface area contributed by atoms with E-state index in [-0.39, 0.29) is 11.9 Å². The number of ether oxygens (including phenoxy) is 1. The van der Waals surface area contributed by atoms with E-state index in [1.54, 1.807) is 18.3 Å². The molecule has 0 aliphatic rings. The SMILES string of the molecule is COC(C)C(=O)NC(C)c1ccc(C)s1. The Balaban J connectivity index is 2.56. The first-order valence-corrected chi connectivity index (χ1v) is 5.75. The molecule has 0 spiro atoms. The van der Waals surface area contributed by atoms with Gasteiger partial charge in [-0.3, -0.25) is 4.79 Å². The van der Waals surface area contributed by atoms with E-state index in [1.807, 2.05) is 13.0 Å². The van der Waals surface area contributed by atoms with Crippen molar-refractivity contribution in [2.24, 2.45) is 0 Å². The number of nitrogens with one attached hydrogen (secondary N) is 1. The summed E-state index contributed by atoms with van der Waals surface area (Å²) in [5, 5.41) is 2.91. The van der Waals surface area contributed by atoms with Gasteiger partial charge in [-0.25, -0.2) is 0 Å². The van der Waals surface area contributed by atoms with Gasteiger partial charge < -0.3 is 10.1 Å². The van der Waals surface area contributed by atoms with Crippen LogP contribution in [0.3, 0.4) is 0 Å². The highest BCUT2D eigenvalue weighted by atomic mass is 32.1. The fraction of sp³-hybridized carbons (Fsp3) is 0.545. The van der Waals surface area contributed by atoms with E-state index in [1.165, 1.54) is 16.9 Å². The molecule has 84 valence electrons. The smallest absolute Gasteiger partial charge is 0.249 e. The molecule has 2 unspecified atom stereocenters. The second-order valence-electron chi connectivity index (χ2n) is 3.56. The molecule has 1 rings (SSSR count). The minimum absolute atomic E-state index is 0.0498. The van der Waals surface area contributed by atoms with Crippen LogP contribution in [0.4, 0.5) is 0 Å². The molecule has 1 aromatic heterocycles. The molecular weight excluding hydrogens is 210 g/mol. The van der Waals surface area contributed by atoms with Crippen molar-refractivity contribution in [1.82, 2.24) is 5.32 Å². The van der Waals surface area contributed by atoms with Gasteiger partial charge in [0.15, 0.2) is 0 Å². The number of carbonyl (C=O) groups is 1. The Bertz CT molecular complexity index is 335. The third-order valence-electron chi connectivity index (χ3n) is 2.27. The molecule has 1 N–H and O–H groups in total. The molecular formula is C11H17NO2S. The Hall–Kier alpha value is -0.870. The highest BCUT2D eigenvalue weighted by Crippen LogP contribution is 2.22. The largest absolute Gasteiger partial charge is 0.372 e. The summed E-state index contributed by atoms with van der Waals surface area (Å²) in [6.07, 6.45) is -0.395. The first kappa shape index (κ1) is 12.2. The predicted molar refractivity (Wildman–Crippen MR) is 62.1 cm³/mol. The van der Waals surface area contributed by atoms with Gasteiger partial charge in [0.2, 0.25) is 5.91 Å². The number of hydrogen-bond donors (Lipinski definition) is 1. The predicted octanol–water partition coefficient (Wildman–Crippen LogP) is 2.27. The summed E-state index contributed by atoms with van der Waals surface area (Å²) in [7, 11) is 1.53. The van der Waals surface area contributed by atoms with E-state index >= 15 is 0 Å². The van der Waals surface area contributed by atoms with Crippen LogP contribution in [0.25, 0.3) is 0 Å². The molecule has 0 aliphatic carbocycles. The van der Waals surface area contributed by atoms with Crippen LogP contribution in [0.2, 0.25) is 0 Å². The number of hydrogen-bond acceptors (Lipinski definition) is 3. The van der Waals surface area contributed by atoms with Crippen molar-refractivity contribution >= 4 is 17.2 Å². The molecule has 0 bridgehead atoms. The molecule has 4 heteroatoms. The van der Waals surface area contributed by atoms with Crippen LogP contribution < -0.4 is 5.32 Å². The first-order chi connectivity index (χ1) is 7.04. The highest BCUT2D eigenvalue weighted by Gasteiger charge is 2.15. The molecule has 0 aliphatic heterocycles. The van der Waals surface area contributed by atoms with Crippen LogP contribution in [0.1, 0.15) is 29.6 Å². The summed E-state index contributed by atoms with van der Waals surface area (Å²) in [5.74, 6) is -0.0731. The van der Waals surface area contributed by atoms with Crippen LogP contribution in [-0.4, -0.2) is 19.1 Å². The first-order valence-electron chi connectivity index (χ1n) is 4.94. The summed E-state index contributed by atoms with van der Waals surface area (Å²) < 4.78 is 4.95. The molecule has 1 amide bonds. The van der Waals surface area contributed by atoms with Crippen molar-refractivity contribution in [2.45, 2.75) is 32.9 Å². The number of methoxy groups -OCH3 is 1. The Morgan fingerprint density at radius 1 is 1.47 bits per heavy atom. The number of thiophene rings is 1. The van der Waals surface area contributed by atoms with Crippen molar-refractivity contribution in [3.63, 3.8) is 0 Å². The summed E-state index contributed by atoms with van der Waals surface area (Å²) in [6.45, 7) is 5.77. The fourth-order valence-corrected chi connectivity index (χ4v) is 2.07. The lowest BCUT2D eigenvalue weighted by molar-refractivity contribution is -0.130. The van der Waals surface area contributed by atoms with Crippen molar-refractivity contribution < 1.29 is 9.53 Å². The summed E-state index contributed by atoms with van der Waals surface area (Å²) >= 11 is 1.70. The van der Waals surface area contributed by atoms with Crippen LogP contribution >= 0.6 is 11.3 Å². The molecule has 0 fully saturated rings. The lowest BCUT2D eigenvalue weighted by Crippen LogP contribution is -2.35. The van der Waals surface area contributed by atoms with E-state index in [0.717, 1.165) is 0 Å². The molecule has 1 heterocycles. The Kier molecular flexibility index (Phi) is 4.29. The Morgan fingerprint density at radius 2 is 2.13 bits per heavy atom. The van der Waals surface area contributed by atoms with Gasteiger partial charge >= 0.3 is 0 Å². The second-order valence-corrected chi connectivity index (χ2v) is 4.88. The van der Waals surface area contributed by atoms with Crippen molar-refractivity contribution in [3.05, 3.63) is 21.9 Å². The zero-order valence-electron chi connectivity index (χ0n) is 9.53. The molecule has 1 aromatic rings. The molecule has 0 saturated carbocycles. The number of amides is 1. The number of carbonyl (C=O) groups excluding carboxylic acids is 1. The molecule has 0 saturated heterocycles. The van der Waals surface area contributed by atoms with Crippen LogP contribution in [0, 0.1) is 6.92 Å². The Morgan fingerprint density at radius 3 is 2.60 bits per heavy atom. The van der Waals surface area contributed by atoms with Crippen LogP contribution in [-0.2, 0) is 9.53 Å².